The summed E-state index contributed by atoms with van der Waals surface area (Å²) in [6.45, 7) is 6.12. The smallest absolute Gasteiger partial charge is 0.0540 e. The molecule has 0 bridgehead atoms. The second-order valence-corrected chi connectivity index (χ2v) is 7.58. The molecule has 32 heavy (non-hydrogen) atoms. The summed E-state index contributed by atoms with van der Waals surface area (Å²) in [6, 6.07) is 43.2. The standard InChI is InChI=1S/C29H23N.C2H6/c1-22-14-16-23(17-15-22)24-18-20-27(21-19-24)30(26-10-3-2-4-11-26)29-13-7-9-25-8-5-6-12-28(25)29;1-2/h2-21H,1H3;1-2H3. The van der Waals surface area contributed by atoms with Gasteiger partial charge in [-0.1, -0.05) is 110 Å². The monoisotopic (exact) mass is 415 g/mol. The molecule has 0 unspecified atom stereocenters. The van der Waals surface area contributed by atoms with Crippen LogP contribution in [0.1, 0.15) is 19.4 Å². The van der Waals surface area contributed by atoms with Gasteiger partial charge >= 0.3 is 0 Å². The van der Waals surface area contributed by atoms with Crippen LogP contribution >= 0.6 is 0 Å². The summed E-state index contributed by atoms with van der Waals surface area (Å²) in [5.74, 6) is 0. The van der Waals surface area contributed by atoms with Crippen molar-refractivity contribution >= 4 is 27.8 Å². The van der Waals surface area contributed by atoms with Crippen molar-refractivity contribution in [3.05, 3.63) is 127 Å². The van der Waals surface area contributed by atoms with Crippen LogP contribution in [0.5, 0.6) is 0 Å². The number of aryl methyl sites for hydroxylation is 1. The Morgan fingerprint density at radius 1 is 0.469 bits per heavy atom. The number of para-hydroxylation sites is 1. The lowest BCUT2D eigenvalue weighted by Crippen LogP contribution is -2.10. The molecule has 0 atom stereocenters. The number of anilines is 3. The maximum Gasteiger partial charge on any atom is 0.0540 e. The number of rotatable bonds is 4. The fourth-order valence-corrected chi connectivity index (χ4v) is 3.96. The Hall–Kier alpha value is -3.84. The molecule has 0 aliphatic carbocycles. The van der Waals surface area contributed by atoms with Crippen molar-refractivity contribution in [1.82, 2.24) is 0 Å². The third kappa shape index (κ3) is 4.43. The lowest BCUT2D eigenvalue weighted by atomic mass is 10.0. The van der Waals surface area contributed by atoms with E-state index in [0.29, 0.717) is 0 Å². The van der Waals surface area contributed by atoms with E-state index in [9.17, 15) is 0 Å². The molecule has 5 aromatic rings. The summed E-state index contributed by atoms with van der Waals surface area (Å²) >= 11 is 0. The van der Waals surface area contributed by atoms with Gasteiger partial charge in [-0.15, -0.1) is 0 Å². The van der Waals surface area contributed by atoms with Crippen LogP contribution in [0.2, 0.25) is 0 Å². The van der Waals surface area contributed by atoms with Gasteiger partial charge in [0.25, 0.3) is 0 Å². The largest absolute Gasteiger partial charge is 0.310 e. The first-order valence-corrected chi connectivity index (χ1v) is 11.3. The van der Waals surface area contributed by atoms with Crippen molar-refractivity contribution in [2.75, 3.05) is 4.90 Å². The van der Waals surface area contributed by atoms with E-state index in [2.05, 4.69) is 133 Å². The Morgan fingerprint density at radius 2 is 1.00 bits per heavy atom. The predicted molar refractivity (Wildman–Crippen MR) is 140 cm³/mol. The van der Waals surface area contributed by atoms with Crippen LogP contribution in [0.15, 0.2) is 121 Å². The van der Waals surface area contributed by atoms with Gasteiger partial charge in [0.2, 0.25) is 0 Å². The molecule has 0 radical (unpaired) electrons. The number of benzene rings is 5. The van der Waals surface area contributed by atoms with E-state index in [1.165, 1.54) is 33.2 Å². The Balaban J connectivity index is 0.00000119. The first-order chi connectivity index (χ1) is 15.8. The van der Waals surface area contributed by atoms with Gasteiger partial charge in [-0.25, -0.2) is 0 Å². The van der Waals surface area contributed by atoms with Crippen LogP contribution in [-0.4, -0.2) is 0 Å². The molecule has 5 rings (SSSR count). The van der Waals surface area contributed by atoms with Gasteiger partial charge in [0.1, 0.15) is 0 Å². The molecule has 1 heteroatoms. The van der Waals surface area contributed by atoms with E-state index in [4.69, 9.17) is 0 Å². The predicted octanol–water partition coefficient (Wildman–Crippen LogP) is 9.31. The zero-order chi connectivity index (χ0) is 22.3. The van der Waals surface area contributed by atoms with E-state index in [-0.39, 0.29) is 0 Å². The van der Waals surface area contributed by atoms with E-state index < -0.39 is 0 Å². The summed E-state index contributed by atoms with van der Waals surface area (Å²) in [7, 11) is 0. The number of hydrogen-bond donors (Lipinski definition) is 0. The lowest BCUT2D eigenvalue weighted by molar-refractivity contribution is 1.30. The summed E-state index contributed by atoms with van der Waals surface area (Å²) in [5, 5.41) is 2.48. The molecular formula is C31H29N. The zero-order valence-electron chi connectivity index (χ0n) is 19.0. The molecule has 5 aromatic carbocycles. The molecule has 0 aliphatic rings. The van der Waals surface area contributed by atoms with E-state index in [1.807, 2.05) is 13.8 Å². The quantitative estimate of drug-likeness (QED) is 0.283. The number of nitrogens with zero attached hydrogens (tertiary/aromatic N) is 1. The molecule has 0 N–H and O–H groups in total. The molecule has 0 amide bonds. The summed E-state index contributed by atoms with van der Waals surface area (Å²) in [5.41, 5.74) is 7.22. The molecule has 0 spiro atoms. The number of fused-ring (bicyclic) bond motifs is 1. The number of hydrogen-bond acceptors (Lipinski definition) is 1. The normalized spacial score (nSPS) is 10.3. The second-order valence-electron chi connectivity index (χ2n) is 7.58. The van der Waals surface area contributed by atoms with Gasteiger partial charge in [0, 0.05) is 16.8 Å². The Bertz CT molecular complexity index is 1260. The van der Waals surface area contributed by atoms with Crippen LogP contribution in [0.25, 0.3) is 21.9 Å². The molecule has 0 saturated heterocycles. The Morgan fingerprint density at radius 3 is 1.69 bits per heavy atom. The average Bonchev–Trinajstić information content (AvgIpc) is 2.87. The third-order valence-corrected chi connectivity index (χ3v) is 5.53. The molecule has 0 aromatic heterocycles. The Kier molecular flexibility index (Phi) is 6.67. The highest BCUT2D eigenvalue weighted by molar-refractivity contribution is 5.98. The van der Waals surface area contributed by atoms with Crippen LogP contribution in [-0.2, 0) is 0 Å². The van der Waals surface area contributed by atoms with E-state index in [1.54, 1.807) is 0 Å². The summed E-state index contributed by atoms with van der Waals surface area (Å²) in [4.78, 5) is 2.33. The molecule has 0 heterocycles. The molecule has 0 fully saturated rings. The van der Waals surface area contributed by atoms with Gasteiger partial charge in [0.15, 0.2) is 0 Å². The minimum atomic E-state index is 1.15. The van der Waals surface area contributed by atoms with Crippen LogP contribution in [0.4, 0.5) is 17.1 Å². The lowest BCUT2D eigenvalue weighted by Gasteiger charge is -2.27. The van der Waals surface area contributed by atoms with Crippen LogP contribution in [0, 0.1) is 6.92 Å². The fourth-order valence-electron chi connectivity index (χ4n) is 3.96. The van der Waals surface area contributed by atoms with E-state index >= 15 is 0 Å². The van der Waals surface area contributed by atoms with Crippen LogP contribution in [0.3, 0.4) is 0 Å². The minimum absolute atomic E-state index is 1.15. The molecule has 0 saturated carbocycles. The maximum atomic E-state index is 2.33. The van der Waals surface area contributed by atoms with Crippen molar-refractivity contribution in [3.63, 3.8) is 0 Å². The first-order valence-electron chi connectivity index (χ1n) is 11.3. The first kappa shape index (κ1) is 21.4. The third-order valence-electron chi connectivity index (χ3n) is 5.53. The van der Waals surface area contributed by atoms with Gasteiger partial charge in [-0.2, -0.15) is 0 Å². The van der Waals surface area contributed by atoms with E-state index in [0.717, 1.165) is 11.4 Å². The summed E-state index contributed by atoms with van der Waals surface area (Å²) < 4.78 is 0. The average molecular weight is 416 g/mol. The second kappa shape index (κ2) is 9.98. The van der Waals surface area contributed by atoms with Crippen molar-refractivity contribution in [2.24, 2.45) is 0 Å². The highest BCUT2D eigenvalue weighted by Gasteiger charge is 2.14. The van der Waals surface area contributed by atoms with Crippen molar-refractivity contribution in [2.45, 2.75) is 20.8 Å². The fraction of sp³-hybridized carbons (Fsp3) is 0.0968. The van der Waals surface area contributed by atoms with Gasteiger partial charge in [-0.05, 0) is 53.8 Å². The molecule has 158 valence electrons. The molecule has 1 nitrogen and oxygen atoms in total. The van der Waals surface area contributed by atoms with Gasteiger partial charge in [0.05, 0.1) is 5.69 Å². The molecule has 0 aliphatic heterocycles. The highest BCUT2D eigenvalue weighted by Crippen LogP contribution is 2.39. The van der Waals surface area contributed by atoms with Gasteiger partial charge in [-0.3, -0.25) is 0 Å². The van der Waals surface area contributed by atoms with Crippen molar-refractivity contribution in [3.8, 4) is 11.1 Å². The SMILES string of the molecule is CC.Cc1ccc(-c2ccc(N(c3ccccc3)c3cccc4ccccc34)cc2)cc1. The molecular weight excluding hydrogens is 386 g/mol. The zero-order valence-corrected chi connectivity index (χ0v) is 19.0. The van der Waals surface area contributed by atoms with Gasteiger partial charge < -0.3 is 4.90 Å². The highest BCUT2D eigenvalue weighted by atomic mass is 15.1. The minimum Gasteiger partial charge on any atom is -0.310 e. The Labute approximate surface area is 191 Å². The summed E-state index contributed by atoms with van der Waals surface area (Å²) in [6.07, 6.45) is 0. The van der Waals surface area contributed by atoms with Crippen molar-refractivity contribution < 1.29 is 0 Å². The van der Waals surface area contributed by atoms with Crippen LogP contribution < -0.4 is 4.90 Å². The topological polar surface area (TPSA) is 3.24 Å². The maximum absolute atomic E-state index is 2.33. The van der Waals surface area contributed by atoms with Crippen molar-refractivity contribution in [1.29, 1.82) is 0 Å².